The topological polar surface area (TPSA) is 6.48 Å². The van der Waals surface area contributed by atoms with Crippen LogP contribution in [-0.4, -0.2) is 60.6 Å². The number of nitrogens with zero attached hydrogens (tertiary/aromatic N) is 2. The fraction of sp³-hybridized carbons (Fsp3) is 1.00. The Bertz CT molecular complexity index is 179. The zero-order valence-electron chi connectivity index (χ0n) is 8.56. The third-order valence-electron chi connectivity index (χ3n) is 2.48. The van der Waals surface area contributed by atoms with Crippen molar-refractivity contribution in [3.63, 3.8) is 0 Å². The molecular weight excluding hydrogens is 273 g/mol. The van der Waals surface area contributed by atoms with Crippen molar-refractivity contribution >= 4 is 15.9 Å². The number of halogens is 4. The van der Waals surface area contributed by atoms with Gasteiger partial charge in [-0.1, -0.05) is 15.9 Å². The van der Waals surface area contributed by atoms with Crippen LogP contribution >= 0.6 is 15.9 Å². The third kappa shape index (κ3) is 5.73. The van der Waals surface area contributed by atoms with Crippen LogP contribution in [0.25, 0.3) is 0 Å². The van der Waals surface area contributed by atoms with Gasteiger partial charge in [-0.15, -0.1) is 0 Å². The lowest BCUT2D eigenvalue weighted by molar-refractivity contribution is -0.149. The van der Waals surface area contributed by atoms with Crippen molar-refractivity contribution in [3.05, 3.63) is 0 Å². The Morgan fingerprint density at radius 2 is 1.53 bits per heavy atom. The zero-order valence-corrected chi connectivity index (χ0v) is 10.1. The fourth-order valence-electron chi connectivity index (χ4n) is 1.71. The third-order valence-corrected chi connectivity index (χ3v) is 3.04. The van der Waals surface area contributed by atoms with Crippen LogP contribution in [-0.2, 0) is 0 Å². The number of hydrogen-bond donors (Lipinski definition) is 0. The van der Waals surface area contributed by atoms with Gasteiger partial charge in [-0.2, -0.15) is 13.2 Å². The van der Waals surface area contributed by atoms with Crippen LogP contribution < -0.4 is 0 Å². The monoisotopic (exact) mass is 288 g/mol. The Labute approximate surface area is 96.5 Å². The lowest BCUT2D eigenvalue weighted by Gasteiger charge is -2.34. The standard InChI is InChI=1S/C9H16BrF3N2/c10-2-1-3-14-4-6-15(7-5-14)8-9(11,12)13/h1-8H2. The van der Waals surface area contributed by atoms with Crippen molar-refractivity contribution in [1.82, 2.24) is 9.80 Å². The van der Waals surface area contributed by atoms with E-state index in [0.717, 1.165) is 31.4 Å². The molecule has 90 valence electrons. The SMILES string of the molecule is FC(F)(F)CN1CCN(CCCBr)CC1. The van der Waals surface area contributed by atoms with Crippen LogP contribution in [0.3, 0.4) is 0 Å². The molecule has 1 fully saturated rings. The van der Waals surface area contributed by atoms with Gasteiger partial charge in [-0.3, -0.25) is 4.90 Å². The van der Waals surface area contributed by atoms with Gasteiger partial charge < -0.3 is 4.90 Å². The van der Waals surface area contributed by atoms with E-state index in [0.29, 0.717) is 13.1 Å². The highest BCUT2D eigenvalue weighted by Gasteiger charge is 2.31. The second-order valence-electron chi connectivity index (χ2n) is 3.78. The van der Waals surface area contributed by atoms with Gasteiger partial charge in [0.15, 0.2) is 0 Å². The molecule has 0 bridgehead atoms. The maximum Gasteiger partial charge on any atom is 0.401 e. The molecule has 1 rings (SSSR count). The van der Waals surface area contributed by atoms with Gasteiger partial charge in [0.2, 0.25) is 0 Å². The van der Waals surface area contributed by atoms with E-state index in [1.165, 1.54) is 4.90 Å². The average Bonchev–Trinajstić information content (AvgIpc) is 2.14. The van der Waals surface area contributed by atoms with Crippen LogP contribution in [0.1, 0.15) is 6.42 Å². The molecule has 0 atom stereocenters. The Morgan fingerprint density at radius 3 is 2.00 bits per heavy atom. The van der Waals surface area contributed by atoms with Gasteiger partial charge in [0.1, 0.15) is 0 Å². The van der Waals surface area contributed by atoms with Crippen LogP contribution in [0.15, 0.2) is 0 Å². The maximum atomic E-state index is 12.1. The Hall–Kier alpha value is 0.190. The minimum absolute atomic E-state index is 0.530. The Balaban J connectivity index is 2.18. The molecule has 0 unspecified atom stereocenters. The van der Waals surface area contributed by atoms with Crippen LogP contribution in [0.2, 0.25) is 0 Å². The highest BCUT2D eigenvalue weighted by molar-refractivity contribution is 9.09. The molecule has 1 aliphatic rings. The van der Waals surface area contributed by atoms with Gasteiger partial charge in [0.05, 0.1) is 6.54 Å². The van der Waals surface area contributed by atoms with E-state index >= 15 is 0 Å². The summed E-state index contributed by atoms with van der Waals surface area (Å²) in [6.45, 7) is 2.78. The second kappa shape index (κ2) is 6.06. The van der Waals surface area contributed by atoms with E-state index < -0.39 is 12.7 Å². The zero-order chi connectivity index (χ0) is 11.3. The first-order valence-electron chi connectivity index (χ1n) is 5.09. The Kier molecular flexibility index (Phi) is 5.35. The summed E-state index contributed by atoms with van der Waals surface area (Å²) in [6.07, 6.45) is -3.00. The molecule has 0 aromatic heterocycles. The molecule has 0 aromatic rings. The summed E-state index contributed by atoms with van der Waals surface area (Å²) in [4.78, 5) is 3.69. The number of alkyl halides is 4. The predicted molar refractivity (Wildman–Crippen MR) is 57.3 cm³/mol. The molecule has 0 spiro atoms. The van der Waals surface area contributed by atoms with E-state index in [4.69, 9.17) is 0 Å². The molecule has 2 nitrogen and oxygen atoms in total. The lowest BCUT2D eigenvalue weighted by atomic mass is 10.3. The normalized spacial score (nSPS) is 20.8. The van der Waals surface area contributed by atoms with E-state index in [9.17, 15) is 13.2 Å². The number of hydrogen-bond acceptors (Lipinski definition) is 2. The molecule has 0 aromatic carbocycles. The molecular formula is C9H16BrF3N2. The molecule has 0 aliphatic carbocycles. The smallest absolute Gasteiger partial charge is 0.301 e. The van der Waals surface area contributed by atoms with Crippen LogP contribution in [0.5, 0.6) is 0 Å². The first-order valence-corrected chi connectivity index (χ1v) is 6.21. The molecule has 0 saturated carbocycles. The minimum Gasteiger partial charge on any atom is -0.301 e. The van der Waals surface area contributed by atoms with Crippen molar-refractivity contribution in [3.8, 4) is 0 Å². The number of rotatable bonds is 4. The molecule has 1 heterocycles. The lowest BCUT2D eigenvalue weighted by Crippen LogP contribution is -2.49. The predicted octanol–water partition coefficient (Wildman–Crippen LogP) is 1.95. The molecule has 0 N–H and O–H groups in total. The molecule has 0 amide bonds. The van der Waals surface area contributed by atoms with Crippen molar-refractivity contribution < 1.29 is 13.2 Å². The molecule has 15 heavy (non-hydrogen) atoms. The van der Waals surface area contributed by atoms with E-state index in [-0.39, 0.29) is 0 Å². The summed E-state index contributed by atoms with van der Waals surface area (Å²) in [6, 6.07) is 0. The first kappa shape index (κ1) is 13.3. The van der Waals surface area contributed by atoms with Crippen molar-refractivity contribution in [1.29, 1.82) is 0 Å². The Morgan fingerprint density at radius 1 is 1.00 bits per heavy atom. The highest BCUT2D eigenvalue weighted by Crippen LogP contribution is 2.17. The molecule has 6 heteroatoms. The molecule has 1 saturated heterocycles. The largest absolute Gasteiger partial charge is 0.401 e. The summed E-state index contributed by atoms with van der Waals surface area (Å²) in [5.41, 5.74) is 0. The van der Waals surface area contributed by atoms with Gasteiger partial charge >= 0.3 is 6.18 Å². The summed E-state index contributed by atoms with van der Waals surface area (Å²) in [7, 11) is 0. The minimum atomic E-state index is -4.06. The second-order valence-corrected chi connectivity index (χ2v) is 4.57. The van der Waals surface area contributed by atoms with Crippen molar-refractivity contribution in [2.45, 2.75) is 12.6 Å². The molecule has 1 aliphatic heterocycles. The average molecular weight is 289 g/mol. The van der Waals surface area contributed by atoms with Gasteiger partial charge in [0, 0.05) is 31.5 Å². The van der Waals surface area contributed by atoms with E-state index in [1.54, 1.807) is 0 Å². The van der Waals surface area contributed by atoms with E-state index in [1.807, 2.05) is 0 Å². The van der Waals surface area contributed by atoms with Crippen LogP contribution in [0, 0.1) is 0 Å². The summed E-state index contributed by atoms with van der Waals surface area (Å²) >= 11 is 3.34. The summed E-state index contributed by atoms with van der Waals surface area (Å²) < 4.78 is 36.2. The van der Waals surface area contributed by atoms with Gasteiger partial charge in [0.25, 0.3) is 0 Å². The first-order chi connectivity index (χ1) is 7.01. The van der Waals surface area contributed by atoms with Crippen molar-refractivity contribution in [2.24, 2.45) is 0 Å². The summed E-state index contributed by atoms with van der Waals surface area (Å²) in [5, 5.41) is 0.954. The number of piperazine rings is 1. The van der Waals surface area contributed by atoms with Gasteiger partial charge in [-0.05, 0) is 13.0 Å². The summed E-state index contributed by atoms with van der Waals surface area (Å²) in [5.74, 6) is 0. The molecule has 0 radical (unpaired) electrons. The highest BCUT2D eigenvalue weighted by atomic mass is 79.9. The quantitative estimate of drug-likeness (QED) is 0.730. The fourth-order valence-corrected chi connectivity index (χ4v) is 1.96. The van der Waals surface area contributed by atoms with Crippen LogP contribution in [0.4, 0.5) is 13.2 Å². The van der Waals surface area contributed by atoms with Crippen molar-refractivity contribution in [2.75, 3.05) is 44.6 Å². The van der Waals surface area contributed by atoms with E-state index in [2.05, 4.69) is 20.8 Å². The van der Waals surface area contributed by atoms with Gasteiger partial charge in [-0.25, -0.2) is 0 Å². The maximum absolute atomic E-state index is 12.1.